The Kier molecular flexibility index (Phi) is 5.96. The molecule has 0 aliphatic heterocycles. The van der Waals surface area contributed by atoms with Gasteiger partial charge in [0.15, 0.2) is 0 Å². The van der Waals surface area contributed by atoms with E-state index in [1.54, 1.807) is 12.1 Å². The first-order valence-electron chi connectivity index (χ1n) is 6.35. The van der Waals surface area contributed by atoms with Gasteiger partial charge in [0.1, 0.15) is 5.82 Å². The lowest BCUT2D eigenvalue weighted by molar-refractivity contribution is 0.187. The Hall–Kier alpha value is -0.920. The van der Waals surface area contributed by atoms with E-state index in [-0.39, 0.29) is 11.2 Å². The average Bonchev–Trinajstić information content (AvgIpc) is 2.29. The van der Waals surface area contributed by atoms with Gasteiger partial charge in [-0.05, 0) is 29.2 Å². The zero-order valence-corrected chi connectivity index (χ0v) is 13.3. The van der Waals surface area contributed by atoms with Crippen molar-refractivity contribution in [1.82, 2.24) is 4.90 Å². The van der Waals surface area contributed by atoms with Crippen LogP contribution >= 0.6 is 15.9 Å². The summed E-state index contributed by atoms with van der Waals surface area (Å²) in [5.41, 5.74) is 1.07. The van der Waals surface area contributed by atoms with E-state index < -0.39 is 0 Å². The van der Waals surface area contributed by atoms with E-state index in [2.05, 4.69) is 47.7 Å². The Balaban J connectivity index is 2.81. The van der Waals surface area contributed by atoms with Gasteiger partial charge < -0.3 is 0 Å². The Labute approximate surface area is 123 Å². The molecule has 1 rings (SSSR count). The van der Waals surface area contributed by atoms with Crippen LogP contribution in [0.15, 0.2) is 22.7 Å². The van der Waals surface area contributed by atoms with E-state index in [1.165, 1.54) is 6.07 Å². The normalized spacial score (nSPS) is 11.6. The van der Waals surface area contributed by atoms with Crippen LogP contribution in [0.1, 0.15) is 32.8 Å². The highest BCUT2D eigenvalue weighted by Gasteiger charge is 2.17. The Morgan fingerprint density at radius 1 is 1.37 bits per heavy atom. The van der Waals surface area contributed by atoms with Gasteiger partial charge in [-0.15, -0.1) is 0 Å². The molecule has 0 atom stereocenters. The number of nitrogens with zero attached hydrogens (tertiary/aromatic N) is 2. The molecular formula is C15H20BrFN2. The molecule has 1 aromatic carbocycles. The molecule has 0 unspecified atom stereocenters. The summed E-state index contributed by atoms with van der Waals surface area (Å²) >= 11 is 3.45. The third kappa shape index (κ3) is 6.17. The molecule has 0 aromatic heterocycles. The highest BCUT2D eigenvalue weighted by molar-refractivity contribution is 9.10. The van der Waals surface area contributed by atoms with Crippen LogP contribution in [0.4, 0.5) is 4.39 Å². The standard InChI is InChI=1S/C15H20BrFN2/c1-15(2,3)11-19(8-4-7-18)10-12-9-13(17)5-6-14(12)16/h5-6,9H,4,8,10-11H2,1-3H3. The molecule has 0 spiro atoms. The van der Waals surface area contributed by atoms with Crippen LogP contribution in [-0.2, 0) is 6.54 Å². The zero-order chi connectivity index (χ0) is 14.5. The number of nitriles is 1. The molecule has 0 fully saturated rings. The summed E-state index contributed by atoms with van der Waals surface area (Å²) in [7, 11) is 0. The Morgan fingerprint density at radius 3 is 2.63 bits per heavy atom. The quantitative estimate of drug-likeness (QED) is 0.804. The number of hydrogen-bond acceptors (Lipinski definition) is 2. The topological polar surface area (TPSA) is 27.0 Å². The van der Waals surface area contributed by atoms with Gasteiger partial charge in [-0.3, -0.25) is 4.90 Å². The van der Waals surface area contributed by atoms with Crippen molar-refractivity contribution in [2.45, 2.75) is 33.7 Å². The highest BCUT2D eigenvalue weighted by atomic mass is 79.9. The molecule has 0 amide bonds. The lowest BCUT2D eigenvalue weighted by Gasteiger charge is -2.29. The van der Waals surface area contributed by atoms with Gasteiger partial charge in [0, 0.05) is 30.5 Å². The number of halogens is 2. The Morgan fingerprint density at radius 2 is 2.05 bits per heavy atom. The van der Waals surface area contributed by atoms with Crippen LogP contribution < -0.4 is 0 Å². The molecular weight excluding hydrogens is 307 g/mol. The second-order valence-corrected chi connectivity index (χ2v) is 6.77. The second kappa shape index (κ2) is 7.02. The first-order chi connectivity index (χ1) is 8.81. The van der Waals surface area contributed by atoms with E-state index in [1.807, 2.05) is 0 Å². The number of rotatable bonds is 5. The minimum atomic E-state index is -0.228. The van der Waals surface area contributed by atoms with Crippen molar-refractivity contribution in [3.63, 3.8) is 0 Å². The van der Waals surface area contributed by atoms with Crippen LogP contribution in [0, 0.1) is 22.6 Å². The summed E-state index contributed by atoms with van der Waals surface area (Å²) in [6.45, 7) is 8.71. The maximum Gasteiger partial charge on any atom is 0.123 e. The monoisotopic (exact) mass is 326 g/mol. The molecule has 0 radical (unpaired) electrons. The summed E-state index contributed by atoms with van der Waals surface area (Å²) < 4.78 is 14.2. The van der Waals surface area contributed by atoms with Gasteiger partial charge in [-0.25, -0.2) is 4.39 Å². The van der Waals surface area contributed by atoms with Gasteiger partial charge in [0.25, 0.3) is 0 Å². The molecule has 0 aliphatic rings. The van der Waals surface area contributed by atoms with E-state index >= 15 is 0 Å². The molecule has 19 heavy (non-hydrogen) atoms. The molecule has 104 valence electrons. The van der Waals surface area contributed by atoms with Crippen molar-refractivity contribution in [1.29, 1.82) is 5.26 Å². The van der Waals surface area contributed by atoms with Crippen molar-refractivity contribution in [3.05, 3.63) is 34.1 Å². The van der Waals surface area contributed by atoms with Crippen LogP contribution in [0.3, 0.4) is 0 Å². The molecule has 0 bridgehead atoms. The molecule has 0 N–H and O–H groups in total. The SMILES string of the molecule is CC(C)(C)CN(CCC#N)Cc1cc(F)ccc1Br. The molecule has 0 aliphatic carbocycles. The smallest absolute Gasteiger partial charge is 0.123 e. The third-order valence-corrected chi connectivity index (χ3v) is 3.41. The zero-order valence-electron chi connectivity index (χ0n) is 11.7. The summed E-state index contributed by atoms with van der Waals surface area (Å²) in [4.78, 5) is 2.20. The van der Waals surface area contributed by atoms with Gasteiger partial charge >= 0.3 is 0 Å². The largest absolute Gasteiger partial charge is 0.297 e. The predicted octanol–water partition coefficient (Wildman–Crippen LogP) is 4.35. The molecule has 4 heteroatoms. The van der Waals surface area contributed by atoms with Crippen molar-refractivity contribution < 1.29 is 4.39 Å². The number of hydrogen-bond donors (Lipinski definition) is 0. The average molecular weight is 327 g/mol. The van der Waals surface area contributed by atoms with Crippen molar-refractivity contribution in [3.8, 4) is 6.07 Å². The van der Waals surface area contributed by atoms with Gasteiger partial charge in [0.05, 0.1) is 6.07 Å². The van der Waals surface area contributed by atoms with E-state index in [0.29, 0.717) is 19.5 Å². The van der Waals surface area contributed by atoms with Gasteiger partial charge in [-0.2, -0.15) is 5.26 Å². The fourth-order valence-corrected chi connectivity index (χ4v) is 2.37. The summed E-state index contributed by atoms with van der Waals surface area (Å²) in [5, 5.41) is 8.73. The molecule has 2 nitrogen and oxygen atoms in total. The summed E-state index contributed by atoms with van der Waals surface area (Å²) in [6, 6.07) is 6.88. The lowest BCUT2D eigenvalue weighted by atomic mass is 9.95. The van der Waals surface area contributed by atoms with E-state index in [9.17, 15) is 4.39 Å². The first-order valence-corrected chi connectivity index (χ1v) is 7.14. The van der Waals surface area contributed by atoms with Crippen molar-refractivity contribution >= 4 is 15.9 Å². The van der Waals surface area contributed by atoms with Crippen molar-refractivity contribution in [2.24, 2.45) is 5.41 Å². The van der Waals surface area contributed by atoms with E-state index in [0.717, 1.165) is 16.6 Å². The third-order valence-electron chi connectivity index (χ3n) is 2.64. The fourth-order valence-electron chi connectivity index (χ4n) is 2.00. The van der Waals surface area contributed by atoms with Crippen LogP contribution in [0.2, 0.25) is 0 Å². The maximum atomic E-state index is 13.3. The minimum Gasteiger partial charge on any atom is -0.297 e. The Bertz CT molecular complexity index is 460. The fraction of sp³-hybridized carbons (Fsp3) is 0.533. The number of benzene rings is 1. The predicted molar refractivity (Wildman–Crippen MR) is 79.1 cm³/mol. The van der Waals surface area contributed by atoms with Crippen LogP contribution in [-0.4, -0.2) is 18.0 Å². The lowest BCUT2D eigenvalue weighted by Crippen LogP contribution is -2.33. The molecule has 0 saturated heterocycles. The van der Waals surface area contributed by atoms with Crippen molar-refractivity contribution in [2.75, 3.05) is 13.1 Å². The second-order valence-electron chi connectivity index (χ2n) is 5.92. The highest BCUT2D eigenvalue weighted by Crippen LogP contribution is 2.22. The molecule has 0 saturated carbocycles. The van der Waals surface area contributed by atoms with Crippen LogP contribution in [0.5, 0.6) is 0 Å². The first kappa shape index (κ1) is 16.1. The van der Waals surface area contributed by atoms with Gasteiger partial charge in [-0.1, -0.05) is 36.7 Å². The van der Waals surface area contributed by atoms with E-state index in [4.69, 9.17) is 5.26 Å². The molecule has 0 heterocycles. The minimum absolute atomic E-state index is 0.148. The summed E-state index contributed by atoms with van der Waals surface area (Å²) in [5.74, 6) is -0.228. The van der Waals surface area contributed by atoms with Crippen LogP contribution in [0.25, 0.3) is 0 Å². The van der Waals surface area contributed by atoms with Gasteiger partial charge in [0.2, 0.25) is 0 Å². The maximum absolute atomic E-state index is 13.3. The molecule has 1 aromatic rings. The summed E-state index contributed by atoms with van der Waals surface area (Å²) in [6.07, 6.45) is 0.489.